The summed E-state index contributed by atoms with van der Waals surface area (Å²) < 4.78 is 0. The third-order valence-corrected chi connectivity index (χ3v) is 1.41. The lowest BCUT2D eigenvalue weighted by Gasteiger charge is -1.94. The van der Waals surface area contributed by atoms with E-state index in [1.807, 2.05) is 13.8 Å². The van der Waals surface area contributed by atoms with Gasteiger partial charge in [0.2, 0.25) is 0 Å². The molecule has 0 unspecified atom stereocenters. The Bertz CT molecular complexity index is 166. The molecular formula is C10H22N2O4. The van der Waals surface area contributed by atoms with Crippen LogP contribution in [0.4, 0.5) is 0 Å². The summed E-state index contributed by atoms with van der Waals surface area (Å²) in [6.45, 7) is 5.71. The number of aliphatic carboxylic acids is 2. The van der Waals surface area contributed by atoms with Crippen molar-refractivity contribution in [3.05, 3.63) is 0 Å². The van der Waals surface area contributed by atoms with Gasteiger partial charge in [-0.15, -0.1) is 0 Å². The van der Waals surface area contributed by atoms with Gasteiger partial charge in [0.15, 0.2) is 0 Å². The lowest BCUT2D eigenvalue weighted by molar-refractivity contribution is -0.136. The lowest BCUT2D eigenvalue weighted by Crippen LogP contribution is -2.22. The number of carboxylic acid groups (broad SMARTS) is 2. The normalized spacial score (nSPS) is 9.12. The monoisotopic (exact) mass is 234 g/mol. The van der Waals surface area contributed by atoms with Crippen LogP contribution in [0.15, 0.2) is 0 Å². The second-order valence-electron chi connectivity index (χ2n) is 3.14. The van der Waals surface area contributed by atoms with Crippen molar-refractivity contribution in [1.82, 2.24) is 10.6 Å². The fourth-order valence-electron chi connectivity index (χ4n) is 0.744. The topological polar surface area (TPSA) is 98.7 Å². The van der Waals surface area contributed by atoms with E-state index in [-0.39, 0.29) is 13.1 Å². The molecule has 0 aromatic rings. The summed E-state index contributed by atoms with van der Waals surface area (Å²) in [5.74, 6) is -1.59. The predicted octanol–water partition coefficient (Wildman–Crippen LogP) is 0.141. The molecule has 0 radical (unpaired) electrons. The van der Waals surface area contributed by atoms with Crippen LogP contribution in [0, 0.1) is 0 Å². The average molecular weight is 234 g/mol. The van der Waals surface area contributed by atoms with Crippen molar-refractivity contribution in [3.63, 3.8) is 0 Å². The van der Waals surface area contributed by atoms with Crippen LogP contribution >= 0.6 is 0 Å². The summed E-state index contributed by atoms with van der Waals surface area (Å²) in [5, 5.41) is 21.6. The van der Waals surface area contributed by atoms with Gasteiger partial charge < -0.3 is 20.8 Å². The molecule has 0 rings (SSSR count). The summed E-state index contributed by atoms with van der Waals surface area (Å²) >= 11 is 0. The van der Waals surface area contributed by atoms with E-state index in [1.54, 1.807) is 0 Å². The van der Waals surface area contributed by atoms with Gasteiger partial charge in [0.25, 0.3) is 0 Å². The largest absolute Gasteiger partial charge is 0.480 e. The molecule has 0 saturated heterocycles. The molecular weight excluding hydrogens is 212 g/mol. The summed E-state index contributed by atoms with van der Waals surface area (Å²) in [6, 6.07) is 0. The molecule has 0 bridgehead atoms. The minimum atomic E-state index is -0.793. The highest BCUT2D eigenvalue weighted by Crippen LogP contribution is 1.68. The summed E-state index contributed by atoms with van der Waals surface area (Å²) in [6.07, 6.45) is 1.96. The second-order valence-corrected chi connectivity index (χ2v) is 3.14. The van der Waals surface area contributed by atoms with Gasteiger partial charge >= 0.3 is 11.9 Å². The van der Waals surface area contributed by atoms with Crippen LogP contribution in [0.1, 0.15) is 26.7 Å². The van der Waals surface area contributed by atoms with Crippen LogP contribution in [0.3, 0.4) is 0 Å². The minimum Gasteiger partial charge on any atom is -0.480 e. The molecule has 6 heteroatoms. The molecule has 0 aliphatic carbocycles. The van der Waals surface area contributed by atoms with Crippen LogP contribution in [-0.4, -0.2) is 48.3 Å². The minimum absolute atomic E-state index is 0.0772. The predicted molar refractivity (Wildman–Crippen MR) is 61.6 cm³/mol. The van der Waals surface area contributed by atoms with Gasteiger partial charge in [-0.3, -0.25) is 9.59 Å². The quantitative estimate of drug-likeness (QED) is 0.446. The Labute approximate surface area is 96.0 Å². The molecule has 16 heavy (non-hydrogen) atoms. The molecule has 0 aromatic heterocycles. The van der Waals surface area contributed by atoms with E-state index in [1.165, 1.54) is 0 Å². The first kappa shape index (κ1) is 17.3. The van der Waals surface area contributed by atoms with E-state index >= 15 is 0 Å². The summed E-state index contributed by atoms with van der Waals surface area (Å²) in [5.41, 5.74) is 0. The van der Waals surface area contributed by atoms with Crippen molar-refractivity contribution in [1.29, 1.82) is 0 Å². The lowest BCUT2D eigenvalue weighted by atomic mass is 10.5. The Kier molecular flexibility index (Phi) is 15.0. The van der Waals surface area contributed by atoms with Gasteiger partial charge in [-0.25, -0.2) is 0 Å². The molecule has 96 valence electrons. The number of rotatable bonds is 8. The van der Waals surface area contributed by atoms with Crippen molar-refractivity contribution < 1.29 is 19.8 Å². The number of nitrogens with one attached hydrogen (secondary N) is 2. The fourth-order valence-corrected chi connectivity index (χ4v) is 0.744. The maximum Gasteiger partial charge on any atom is 0.317 e. The first-order chi connectivity index (χ1) is 7.54. The molecule has 0 spiro atoms. The Morgan fingerprint density at radius 2 is 1.19 bits per heavy atom. The molecule has 6 nitrogen and oxygen atoms in total. The molecule has 4 N–H and O–H groups in total. The van der Waals surface area contributed by atoms with E-state index in [9.17, 15) is 9.59 Å². The van der Waals surface area contributed by atoms with Gasteiger partial charge in [-0.05, 0) is 25.9 Å². The molecule has 0 aromatic carbocycles. The SMILES string of the molecule is CCCNCC(=O)O.CCCNCC(=O)O. The Morgan fingerprint density at radius 3 is 1.38 bits per heavy atom. The van der Waals surface area contributed by atoms with Crippen LogP contribution in [0.2, 0.25) is 0 Å². The molecule has 0 aliphatic rings. The summed E-state index contributed by atoms with van der Waals surface area (Å²) in [7, 11) is 0. The van der Waals surface area contributed by atoms with E-state index in [0.29, 0.717) is 0 Å². The van der Waals surface area contributed by atoms with Crippen molar-refractivity contribution >= 4 is 11.9 Å². The van der Waals surface area contributed by atoms with Crippen LogP contribution in [-0.2, 0) is 9.59 Å². The van der Waals surface area contributed by atoms with E-state index in [2.05, 4.69) is 10.6 Å². The molecule has 0 aliphatic heterocycles. The van der Waals surface area contributed by atoms with Crippen LogP contribution < -0.4 is 10.6 Å². The highest BCUT2D eigenvalue weighted by atomic mass is 16.4. The van der Waals surface area contributed by atoms with Crippen molar-refractivity contribution in [2.75, 3.05) is 26.2 Å². The second kappa shape index (κ2) is 13.9. The van der Waals surface area contributed by atoms with Crippen molar-refractivity contribution in [3.8, 4) is 0 Å². The highest BCUT2D eigenvalue weighted by molar-refractivity contribution is 5.69. The average Bonchev–Trinajstić information content (AvgIpc) is 2.18. The Morgan fingerprint density at radius 1 is 0.875 bits per heavy atom. The third kappa shape index (κ3) is 23.0. The molecule has 0 fully saturated rings. The van der Waals surface area contributed by atoms with Crippen molar-refractivity contribution in [2.45, 2.75) is 26.7 Å². The first-order valence-electron chi connectivity index (χ1n) is 5.39. The molecule has 0 saturated carbocycles. The molecule has 0 atom stereocenters. The van der Waals surface area contributed by atoms with Gasteiger partial charge in [0, 0.05) is 0 Å². The molecule has 0 heterocycles. The van der Waals surface area contributed by atoms with Gasteiger partial charge in [-0.2, -0.15) is 0 Å². The number of carbonyl (C=O) groups is 2. The van der Waals surface area contributed by atoms with Crippen LogP contribution in [0.5, 0.6) is 0 Å². The summed E-state index contributed by atoms with van der Waals surface area (Å²) in [4.78, 5) is 19.6. The first-order valence-corrected chi connectivity index (χ1v) is 5.39. The van der Waals surface area contributed by atoms with E-state index in [4.69, 9.17) is 10.2 Å². The zero-order valence-electron chi connectivity index (χ0n) is 9.95. The van der Waals surface area contributed by atoms with Gasteiger partial charge in [-0.1, -0.05) is 13.8 Å². The zero-order valence-corrected chi connectivity index (χ0v) is 9.95. The maximum absolute atomic E-state index is 9.81. The molecule has 0 amide bonds. The zero-order chi connectivity index (χ0) is 12.8. The van der Waals surface area contributed by atoms with E-state index < -0.39 is 11.9 Å². The Hall–Kier alpha value is -1.14. The van der Waals surface area contributed by atoms with Gasteiger partial charge in [0.1, 0.15) is 0 Å². The maximum atomic E-state index is 9.81. The standard InChI is InChI=1S/2C5H11NO2/c2*1-2-3-6-4-5(7)8/h2*6H,2-4H2,1H3,(H,7,8). The fraction of sp³-hybridized carbons (Fsp3) is 0.800. The number of carboxylic acids is 2. The van der Waals surface area contributed by atoms with Crippen molar-refractivity contribution in [2.24, 2.45) is 0 Å². The smallest absolute Gasteiger partial charge is 0.317 e. The van der Waals surface area contributed by atoms with E-state index in [0.717, 1.165) is 25.9 Å². The third-order valence-electron chi connectivity index (χ3n) is 1.41. The number of hydrogen-bond donors (Lipinski definition) is 4. The highest BCUT2D eigenvalue weighted by Gasteiger charge is 1.91. The number of hydrogen-bond acceptors (Lipinski definition) is 4. The van der Waals surface area contributed by atoms with Crippen LogP contribution in [0.25, 0.3) is 0 Å². The Balaban J connectivity index is 0. The van der Waals surface area contributed by atoms with Gasteiger partial charge in [0.05, 0.1) is 13.1 Å².